The first-order chi connectivity index (χ1) is 14.5. The SMILES string of the molecule is CNCCN=Cc1cc(OC)ccc1O.CNCCN=Cc1cc(OC)ccc1O.[Fe+3]. The van der Waals surface area contributed by atoms with Gasteiger partial charge in [-0.3, -0.25) is 9.98 Å². The summed E-state index contributed by atoms with van der Waals surface area (Å²) in [7, 11) is 6.93. The molecule has 2 rings (SSSR count). The van der Waals surface area contributed by atoms with E-state index in [-0.39, 0.29) is 28.6 Å². The van der Waals surface area contributed by atoms with Crippen LogP contribution in [-0.4, -0.2) is 77.1 Å². The second kappa shape index (κ2) is 17.1. The summed E-state index contributed by atoms with van der Waals surface area (Å²) in [6, 6.07) is 10.1. The third-order valence-electron chi connectivity index (χ3n) is 3.91. The Hall–Kier alpha value is -2.58. The minimum atomic E-state index is 0. The van der Waals surface area contributed by atoms with E-state index in [0.717, 1.165) is 13.1 Å². The Labute approximate surface area is 194 Å². The molecule has 2 aromatic rings. The average molecular weight is 472 g/mol. The normalized spacial score (nSPS) is 10.5. The molecule has 0 unspecified atom stereocenters. The van der Waals surface area contributed by atoms with Gasteiger partial charge in [0.05, 0.1) is 27.3 Å². The molecule has 2 aromatic carbocycles. The van der Waals surface area contributed by atoms with Crippen molar-refractivity contribution in [3.05, 3.63) is 47.5 Å². The van der Waals surface area contributed by atoms with Gasteiger partial charge in [0.1, 0.15) is 23.0 Å². The van der Waals surface area contributed by atoms with Crippen LogP contribution in [0.2, 0.25) is 0 Å². The summed E-state index contributed by atoms with van der Waals surface area (Å²) in [4.78, 5) is 8.33. The minimum absolute atomic E-state index is 0. The van der Waals surface area contributed by atoms with Crippen molar-refractivity contribution in [2.24, 2.45) is 9.98 Å². The number of nitrogens with zero attached hydrogens (tertiary/aromatic N) is 2. The van der Waals surface area contributed by atoms with Crippen LogP contribution in [0.1, 0.15) is 11.1 Å². The Morgan fingerprint density at radius 3 is 1.48 bits per heavy atom. The summed E-state index contributed by atoms with van der Waals surface area (Å²) in [5, 5.41) is 25.0. The Morgan fingerprint density at radius 1 is 0.774 bits per heavy atom. The third kappa shape index (κ3) is 11.4. The molecule has 8 nitrogen and oxygen atoms in total. The number of phenols is 2. The number of benzene rings is 2. The summed E-state index contributed by atoms with van der Waals surface area (Å²) in [5.74, 6) is 1.85. The molecule has 9 heteroatoms. The fraction of sp³-hybridized carbons (Fsp3) is 0.364. The zero-order valence-corrected chi connectivity index (χ0v) is 19.5. The number of hydrogen-bond donors (Lipinski definition) is 4. The molecule has 31 heavy (non-hydrogen) atoms. The number of likely N-dealkylation sites (N-methyl/N-ethyl adjacent to an activating group) is 2. The van der Waals surface area contributed by atoms with Gasteiger partial charge in [0, 0.05) is 36.6 Å². The maximum absolute atomic E-state index is 9.52. The molecule has 0 saturated heterocycles. The standard InChI is InChI=1S/2C11H16N2O2.Fe/c2*1-12-5-6-13-8-9-7-10(15-2)3-4-11(9)14;/h2*3-4,7-8,12,14H,5-6H2,1-2H3;/q;;+3. The van der Waals surface area contributed by atoms with Gasteiger partial charge in [-0.1, -0.05) is 0 Å². The van der Waals surface area contributed by atoms with E-state index >= 15 is 0 Å². The predicted molar refractivity (Wildman–Crippen MR) is 122 cm³/mol. The fourth-order valence-corrected chi connectivity index (χ4v) is 2.20. The zero-order chi connectivity index (χ0) is 22.2. The van der Waals surface area contributed by atoms with Crippen LogP contribution < -0.4 is 20.1 Å². The number of ether oxygens (including phenoxy) is 2. The Kier molecular flexibility index (Phi) is 15.7. The molecular weight excluding hydrogens is 440 g/mol. The molecule has 0 aromatic heterocycles. The molecule has 0 heterocycles. The monoisotopic (exact) mass is 472 g/mol. The number of hydrogen-bond acceptors (Lipinski definition) is 8. The quantitative estimate of drug-likeness (QED) is 0.240. The summed E-state index contributed by atoms with van der Waals surface area (Å²) in [6.45, 7) is 3.02. The van der Waals surface area contributed by atoms with Crippen LogP contribution >= 0.6 is 0 Å². The first-order valence-corrected chi connectivity index (χ1v) is 9.58. The van der Waals surface area contributed by atoms with E-state index in [1.165, 1.54) is 0 Å². The largest absolute Gasteiger partial charge is 3.00 e. The molecule has 1 radical (unpaired) electrons. The second-order valence-corrected chi connectivity index (χ2v) is 6.13. The van der Waals surface area contributed by atoms with Crippen molar-refractivity contribution in [3.8, 4) is 23.0 Å². The van der Waals surface area contributed by atoms with E-state index in [4.69, 9.17) is 9.47 Å². The fourth-order valence-electron chi connectivity index (χ4n) is 2.20. The Bertz CT molecular complexity index is 749. The van der Waals surface area contributed by atoms with Crippen LogP contribution in [0.3, 0.4) is 0 Å². The summed E-state index contributed by atoms with van der Waals surface area (Å²) in [6.07, 6.45) is 3.30. The number of phenolic OH excluding ortho intramolecular Hbond substituents is 2. The zero-order valence-electron chi connectivity index (χ0n) is 18.4. The first-order valence-electron chi connectivity index (χ1n) is 9.58. The summed E-state index contributed by atoms with van der Waals surface area (Å²) >= 11 is 0. The molecular formula is C22H32FeN4O4+3. The van der Waals surface area contributed by atoms with E-state index in [2.05, 4.69) is 20.6 Å². The van der Waals surface area contributed by atoms with Gasteiger partial charge < -0.3 is 30.3 Å². The van der Waals surface area contributed by atoms with Crippen molar-refractivity contribution in [3.63, 3.8) is 0 Å². The van der Waals surface area contributed by atoms with E-state index in [9.17, 15) is 10.2 Å². The van der Waals surface area contributed by atoms with Crippen molar-refractivity contribution >= 4 is 12.4 Å². The average Bonchev–Trinajstić information content (AvgIpc) is 2.77. The van der Waals surface area contributed by atoms with Gasteiger partial charge in [-0.25, -0.2) is 0 Å². The molecule has 0 amide bonds. The molecule has 0 bridgehead atoms. The van der Waals surface area contributed by atoms with Crippen molar-refractivity contribution in [2.75, 3.05) is 54.5 Å². The summed E-state index contributed by atoms with van der Waals surface area (Å²) in [5.41, 5.74) is 1.34. The maximum atomic E-state index is 9.52. The van der Waals surface area contributed by atoms with Gasteiger partial charge in [0.2, 0.25) is 0 Å². The van der Waals surface area contributed by atoms with Crippen molar-refractivity contribution < 1.29 is 36.8 Å². The van der Waals surface area contributed by atoms with Gasteiger partial charge in [-0.15, -0.1) is 0 Å². The van der Waals surface area contributed by atoms with Gasteiger partial charge in [-0.2, -0.15) is 0 Å². The molecule has 0 aliphatic heterocycles. The Balaban J connectivity index is 0.000000562. The van der Waals surface area contributed by atoms with E-state index in [0.29, 0.717) is 35.7 Å². The van der Waals surface area contributed by atoms with Crippen LogP contribution in [0.25, 0.3) is 0 Å². The van der Waals surface area contributed by atoms with Crippen molar-refractivity contribution in [1.82, 2.24) is 10.6 Å². The Morgan fingerprint density at radius 2 is 1.16 bits per heavy atom. The van der Waals surface area contributed by atoms with Crippen LogP contribution in [0.4, 0.5) is 0 Å². The summed E-state index contributed by atoms with van der Waals surface area (Å²) < 4.78 is 10.1. The van der Waals surface area contributed by atoms with Gasteiger partial charge in [-0.05, 0) is 50.5 Å². The van der Waals surface area contributed by atoms with Gasteiger partial charge in [0.25, 0.3) is 0 Å². The van der Waals surface area contributed by atoms with Gasteiger partial charge >= 0.3 is 17.1 Å². The van der Waals surface area contributed by atoms with E-state index in [1.54, 1.807) is 63.0 Å². The number of aliphatic imine (C=N–C) groups is 2. The van der Waals surface area contributed by atoms with Crippen LogP contribution in [0.15, 0.2) is 46.4 Å². The second-order valence-electron chi connectivity index (χ2n) is 6.13. The molecule has 0 atom stereocenters. The van der Waals surface area contributed by atoms with Crippen LogP contribution in [-0.2, 0) is 17.1 Å². The van der Waals surface area contributed by atoms with Crippen molar-refractivity contribution in [2.45, 2.75) is 0 Å². The minimum Gasteiger partial charge on any atom is -0.507 e. The van der Waals surface area contributed by atoms with Crippen LogP contribution in [0, 0.1) is 0 Å². The van der Waals surface area contributed by atoms with Crippen LogP contribution in [0.5, 0.6) is 23.0 Å². The molecule has 0 saturated carbocycles. The first kappa shape index (κ1) is 28.4. The van der Waals surface area contributed by atoms with E-state index in [1.807, 2.05) is 14.1 Å². The molecule has 0 spiro atoms. The van der Waals surface area contributed by atoms with Gasteiger partial charge in [0.15, 0.2) is 0 Å². The molecule has 169 valence electrons. The topological polar surface area (TPSA) is 108 Å². The van der Waals surface area contributed by atoms with E-state index < -0.39 is 0 Å². The molecule has 0 aliphatic rings. The molecule has 4 N–H and O–H groups in total. The number of aromatic hydroxyl groups is 2. The number of nitrogens with one attached hydrogen (secondary N) is 2. The number of methoxy groups -OCH3 is 2. The van der Waals surface area contributed by atoms with Crippen molar-refractivity contribution in [1.29, 1.82) is 0 Å². The molecule has 0 fully saturated rings. The number of rotatable bonds is 10. The maximum Gasteiger partial charge on any atom is 3.00 e. The smallest absolute Gasteiger partial charge is 0.507 e. The predicted octanol–water partition coefficient (Wildman–Crippen LogP) is 2.08. The third-order valence-corrected chi connectivity index (χ3v) is 3.91. The molecule has 0 aliphatic carbocycles.